The van der Waals surface area contributed by atoms with E-state index in [0.29, 0.717) is 19.6 Å². The van der Waals surface area contributed by atoms with Crippen LogP contribution in [0.3, 0.4) is 0 Å². The summed E-state index contributed by atoms with van der Waals surface area (Å²) in [6, 6.07) is 0. The average molecular weight is 354 g/mol. The summed E-state index contributed by atoms with van der Waals surface area (Å²) < 4.78 is 16.7. The van der Waals surface area contributed by atoms with Crippen molar-refractivity contribution in [3.05, 3.63) is 0 Å². The molecule has 2 saturated heterocycles. The number of hydrogen-bond acceptors (Lipinski definition) is 5. The van der Waals surface area contributed by atoms with Crippen LogP contribution in [-0.4, -0.2) is 36.9 Å². The summed E-state index contributed by atoms with van der Waals surface area (Å²) in [4.78, 5) is 25.1. The lowest BCUT2D eigenvalue weighted by Crippen LogP contribution is -2.70. The molecule has 0 radical (unpaired) electrons. The Kier molecular flexibility index (Phi) is 8.20. The summed E-state index contributed by atoms with van der Waals surface area (Å²) in [7, 11) is 0. The molecule has 0 aromatic rings. The number of esters is 2. The Morgan fingerprint density at radius 2 is 1.60 bits per heavy atom. The molecule has 0 N–H and O–H groups in total. The van der Waals surface area contributed by atoms with E-state index in [0.717, 1.165) is 64.2 Å². The maximum Gasteiger partial charge on any atom is 0.339 e. The van der Waals surface area contributed by atoms with Gasteiger partial charge in [-0.3, -0.25) is 4.79 Å². The average Bonchev–Trinajstić information content (AvgIpc) is 2.61. The SMILES string of the molecule is CCCCCCOC(=O)C1C2CCCC1(C(=O)OCCCCCC)O2. The van der Waals surface area contributed by atoms with Crippen LogP contribution in [0.1, 0.15) is 84.5 Å². The predicted octanol–water partition coefficient (Wildman–Crippen LogP) is 4.17. The summed E-state index contributed by atoms with van der Waals surface area (Å²) in [5.74, 6) is -1.13. The summed E-state index contributed by atoms with van der Waals surface area (Å²) in [5.41, 5.74) is -1.08. The molecule has 0 spiro atoms. The highest BCUT2D eigenvalue weighted by Crippen LogP contribution is 2.50. The molecule has 0 amide bonds. The minimum atomic E-state index is -1.08. The van der Waals surface area contributed by atoms with Crippen molar-refractivity contribution < 1.29 is 23.8 Å². The molecule has 1 aliphatic carbocycles. The molecule has 0 aromatic heterocycles. The topological polar surface area (TPSA) is 61.8 Å². The molecule has 5 heteroatoms. The number of rotatable bonds is 12. The normalized spacial score (nSPS) is 27.4. The Bertz CT molecular complexity index is 432. The van der Waals surface area contributed by atoms with Crippen LogP contribution in [0.5, 0.6) is 0 Å². The molecular formula is C20H34O5. The van der Waals surface area contributed by atoms with Crippen molar-refractivity contribution in [3.63, 3.8) is 0 Å². The molecule has 2 bridgehead atoms. The first-order chi connectivity index (χ1) is 12.2. The monoisotopic (exact) mass is 354 g/mol. The van der Waals surface area contributed by atoms with Crippen molar-refractivity contribution in [1.29, 1.82) is 0 Å². The molecule has 144 valence electrons. The highest BCUT2D eigenvalue weighted by molar-refractivity contribution is 5.90. The second-order valence-electron chi connectivity index (χ2n) is 7.34. The standard InChI is InChI=1S/C20H34O5/c1-3-5-7-9-14-23-18(21)17-16-12-11-13-20(17,25-16)19(22)24-15-10-8-6-4-2/h16-17H,3-15H2,1-2H3. The van der Waals surface area contributed by atoms with E-state index in [1.165, 1.54) is 0 Å². The highest BCUT2D eigenvalue weighted by atomic mass is 16.6. The third-order valence-electron chi connectivity index (χ3n) is 5.35. The Balaban J connectivity index is 1.80. The first kappa shape index (κ1) is 20.2. The molecule has 3 unspecified atom stereocenters. The summed E-state index contributed by atoms with van der Waals surface area (Å²) in [5, 5.41) is 0. The third-order valence-corrected chi connectivity index (χ3v) is 5.35. The molecule has 25 heavy (non-hydrogen) atoms. The first-order valence-corrected chi connectivity index (χ1v) is 10.2. The first-order valence-electron chi connectivity index (χ1n) is 10.2. The van der Waals surface area contributed by atoms with Gasteiger partial charge in [-0.2, -0.15) is 0 Å². The number of carbonyl (C=O) groups is 2. The van der Waals surface area contributed by atoms with Gasteiger partial charge >= 0.3 is 11.9 Å². The number of hydrogen-bond donors (Lipinski definition) is 0. The van der Waals surface area contributed by atoms with Gasteiger partial charge in [0.15, 0.2) is 5.60 Å². The zero-order valence-electron chi connectivity index (χ0n) is 15.9. The molecular weight excluding hydrogens is 320 g/mol. The van der Waals surface area contributed by atoms with Crippen LogP contribution in [0, 0.1) is 5.92 Å². The van der Waals surface area contributed by atoms with Gasteiger partial charge in [-0.1, -0.05) is 52.4 Å². The fourth-order valence-electron chi connectivity index (χ4n) is 3.87. The number of ether oxygens (including phenoxy) is 3. The lowest BCUT2D eigenvalue weighted by atomic mass is 9.67. The van der Waals surface area contributed by atoms with Crippen LogP contribution in [-0.2, 0) is 23.8 Å². The van der Waals surface area contributed by atoms with Crippen LogP contribution in [0.4, 0.5) is 0 Å². The lowest BCUT2D eigenvalue weighted by molar-refractivity contribution is -0.284. The van der Waals surface area contributed by atoms with Gasteiger partial charge in [0.1, 0.15) is 5.92 Å². The molecule has 3 aliphatic rings. The van der Waals surface area contributed by atoms with Gasteiger partial charge in [0.2, 0.25) is 0 Å². The van der Waals surface area contributed by atoms with E-state index in [-0.39, 0.29) is 18.0 Å². The van der Waals surface area contributed by atoms with Gasteiger partial charge in [0, 0.05) is 0 Å². The van der Waals surface area contributed by atoms with Gasteiger partial charge in [-0.15, -0.1) is 0 Å². The van der Waals surface area contributed by atoms with E-state index in [9.17, 15) is 9.59 Å². The zero-order chi connectivity index (χ0) is 18.1. The van der Waals surface area contributed by atoms with Gasteiger partial charge in [0.25, 0.3) is 0 Å². The molecule has 5 nitrogen and oxygen atoms in total. The number of fused-ring (bicyclic) bond motifs is 2. The van der Waals surface area contributed by atoms with Crippen LogP contribution in [0.15, 0.2) is 0 Å². The lowest BCUT2D eigenvalue weighted by Gasteiger charge is -2.54. The maximum atomic E-state index is 12.6. The van der Waals surface area contributed by atoms with E-state index in [1.807, 2.05) is 0 Å². The predicted molar refractivity (Wildman–Crippen MR) is 95.1 cm³/mol. The van der Waals surface area contributed by atoms with E-state index < -0.39 is 11.5 Å². The maximum absolute atomic E-state index is 12.6. The quantitative estimate of drug-likeness (QED) is 0.389. The Hall–Kier alpha value is -1.10. The minimum absolute atomic E-state index is 0.176. The van der Waals surface area contributed by atoms with Crippen molar-refractivity contribution >= 4 is 11.9 Å². The van der Waals surface area contributed by atoms with Crippen molar-refractivity contribution in [2.75, 3.05) is 13.2 Å². The number of carbonyl (C=O) groups excluding carboxylic acids is 2. The molecule has 1 saturated carbocycles. The van der Waals surface area contributed by atoms with Crippen molar-refractivity contribution in [2.45, 2.75) is 96.2 Å². The van der Waals surface area contributed by atoms with Crippen LogP contribution in [0.2, 0.25) is 0 Å². The van der Waals surface area contributed by atoms with Gasteiger partial charge in [0.05, 0.1) is 19.3 Å². The Morgan fingerprint density at radius 3 is 2.20 bits per heavy atom. The van der Waals surface area contributed by atoms with Crippen LogP contribution < -0.4 is 0 Å². The van der Waals surface area contributed by atoms with Gasteiger partial charge in [-0.25, -0.2) is 4.79 Å². The summed E-state index contributed by atoms with van der Waals surface area (Å²) in [6.07, 6.45) is 10.6. The van der Waals surface area contributed by atoms with Crippen LogP contribution in [0.25, 0.3) is 0 Å². The van der Waals surface area contributed by atoms with Crippen LogP contribution >= 0.6 is 0 Å². The summed E-state index contributed by atoms with van der Waals surface area (Å²) >= 11 is 0. The van der Waals surface area contributed by atoms with Gasteiger partial charge < -0.3 is 14.2 Å². The fourth-order valence-corrected chi connectivity index (χ4v) is 3.87. The van der Waals surface area contributed by atoms with Crippen molar-refractivity contribution in [1.82, 2.24) is 0 Å². The smallest absolute Gasteiger partial charge is 0.339 e. The molecule has 2 heterocycles. The summed E-state index contributed by atoms with van der Waals surface area (Å²) in [6.45, 7) is 5.14. The highest BCUT2D eigenvalue weighted by Gasteiger charge is 2.67. The second kappa shape index (κ2) is 10.1. The van der Waals surface area contributed by atoms with E-state index in [2.05, 4.69) is 13.8 Å². The Labute approximate surface area is 151 Å². The molecule has 3 fully saturated rings. The number of unbranched alkanes of at least 4 members (excludes halogenated alkanes) is 6. The fraction of sp³-hybridized carbons (Fsp3) is 0.900. The van der Waals surface area contributed by atoms with E-state index >= 15 is 0 Å². The van der Waals surface area contributed by atoms with Crippen molar-refractivity contribution in [3.8, 4) is 0 Å². The molecule has 0 aromatic carbocycles. The minimum Gasteiger partial charge on any atom is -0.465 e. The Morgan fingerprint density at radius 1 is 0.960 bits per heavy atom. The van der Waals surface area contributed by atoms with Crippen molar-refractivity contribution in [2.24, 2.45) is 5.92 Å². The third kappa shape index (κ3) is 4.96. The second-order valence-corrected chi connectivity index (χ2v) is 7.34. The van der Waals surface area contributed by atoms with E-state index in [4.69, 9.17) is 14.2 Å². The molecule has 3 rings (SSSR count). The largest absolute Gasteiger partial charge is 0.465 e. The molecule has 2 aliphatic heterocycles. The zero-order valence-corrected chi connectivity index (χ0v) is 15.9. The van der Waals surface area contributed by atoms with Gasteiger partial charge in [-0.05, 0) is 32.1 Å². The molecule has 3 atom stereocenters. The van der Waals surface area contributed by atoms with E-state index in [1.54, 1.807) is 0 Å².